The molecule has 1 fully saturated rings. The Morgan fingerprint density at radius 3 is 2.67 bits per heavy atom. The van der Waals surface area contributed by atoms with Crippen molar-refractivity contribution in [1.29, 1.82) is 0 Å². The fourth-order valence-corrected chi connectivity index (χ4v) is 1.22. The largest absolute Gasteiger partial charge is 0.378 e. The molecule has 1 aliphatic rings. The molecule has 3 N–H and O–H groups in total. The van der Waals surface area contributed by atoms with Gasteiger partial charge in [-0.3, -0.25) is 10.1 Å². The molecule has 12 heavy (non-hydrogen) atoms. The minimum atomic E-state index is -0.806. The molecule has 1 aliphatic heterocycles. The first-order valence-electron chi connectivity index (χ1n) is 3.81. The number of urea groups is 1. The number of hydrogen-bond acceptors (Lipinski definition) is 3. The van der Waals surface area contributed by atoms with Gasteiger partial charge in [-0.1, -0.05) is 0 Å². The van der Waals surface area contributed by atoms with Crippen molar-refractivity contribution in [3.63, 3.8) is 0 Å². The molecular weight excluding hydrogens is 160 g/mol. The standard InChI is InChI=1S/C7H12N2O3/c1-4-2-5(3-12-4)6(10)9-7(8)11/h4-5H,2-3H2,1H3,(H3,8,9,10,11). The van der Waals surface area contributed by atoms with Crippen LogP contribution in [0.1, 0.15) is 13.3 Å². The van der Waals surface area contributed by atoms with E-state index < -0.39 is 6.03 Å². The Kier molecular flexibility index (Phi) is 2.65. The quantitative estimate of drug-likeness (QED) is 0.565. The number of carbonyl (C=O) groups excluding carboxylic acids is 2. The smallest absolute Gasteiger partial charge is 0.318 e. The third-order valence-corrected chi connectivity index (χ3v) is 1.82. The summed E-state index contributed by atoms with van der Waals surface area (Å²) in [5.74, 6) is -0.570. The summed E-state index contributed by atoms with van der Waals surface area (Å²) in [5.41, 5.74) is 4.78. The number of ether oxygens (including phenoxy) is 1. The van der Waals surface area contributed by atoms with Crippen LogP contribution in [0.2, 0.25) is 0 Å². The van der Waals surface area contributed by atoms with Crippen LogP contribution in [-0.4, -0.2) is 24.6 Å². The van der Waals surface area contributed by atoms with Crippen molar-refractivity contribution in [2.24, 2.45) is 11.7 Å². The second kappa shape index (κ2) is 3.53. The van der Waals surface area contributed by atoms with Gasteiger partial charge in [0.25, 0.3) is 0 Å². The van der Waals surface area contributed by atoms with Crippen molar-refractivity contribution in [3.8, 4) is 0 Å². The lowest BCUT2D eigenvalue weighted by Crippen LogP contribution is -2.39. The van der Waals surface area contributed by atoms with Crippen LogP contribution in [0.15, 0.2) is 0 Å². The third kappa shape index (κ3) is 2.20. The monoisotopic (exact) mass is 172 g/mol. The van der Waals surface area contributed by atoms with Crippen LogP contribution in [0.5, 0.6) is 0 Å². The molecule has 0 saturated carbocycles. The van der Waals surface area contributed by atoms with E-state index in [1.54, 1.807) is 0 Å². The maximum absolute atomic E-state index is 11.1. The van der Waals surface area contributed by atoms with E-state index >= 15 is 0 Å². The van der Waals surface area contributed by atoms with E-state index in [0.29, 0.717) is 13.0 Å². The fourth-order valence-electron chi connectivity index (χ4n) is 1.22. The molecule has 0 aromatic heterocycles. The summed E-state index contributed by atoms with van der Waals surface area (Å²) in [6.45, 7) is 2.26. The maximum atomic E-state index is 11.1. The van der Waals surface area contributed by atoms with Gasteiger partial charge in [0.05, 0.1) is 18.6 Å². The Morgan fingerprint density at radius 2 is 2.25 bits per heavy atom. The molecule has 0 aliphatic carbocycles. The summed E-state index contributed by atoms with van der Waals surface area (Å²) in [6.07, 6.45) is 0.743. The SMILES string of the molecule is CC1CC(C(=O)NC(N)=O)CO1. The predicted octanol–water partition coefficient (Wildman–Crippen LogP) is -0.394. The summed E-state index contributed by atoms with van der Waals surface area (Å²) < 4.78 is 5.16. The van der Waals surface area contributed by atoms with Gasteiger partial charge in [0.1, 0.15) is 0 Å². The van der Waals surface area contributed by atoms with Crippen molar-refractivity contribution in [3.05, 3.63) is 0 Å². The van der Waals surface area contributed by atoms with Gasteiger partial charge in [-0.2, -0.15) is 0 Å². The molecule has 68 valence electrons. The molecule has 1 saturated heterocycles. The average molecular weight is 172 g/mol. The highest BCUT2D eigenvalue weighted by Gasteiger charge is 2.28. The third-order valence-electron chi connectivity index (χ3n) is 1.82. The molecule has 1 heterocycles. The Morgan fingerprint density at radius 1 is 1.58 bits per heavy atom. The van der Waals surface area contributed by atoms with Crippen molar-refractivity contribution in [2.75, 3.05) is 6.61 Å². The number of nitrogens with two attached hydrogens (primary N) is 1. The van der Waals surface area contributed by atoms with Crippen LogP contribution in [0.4, 0.5) is 4.79 Å². The van der Waals surface area contributed by atoms with Crippen LogP contribution in [0.25, 0.3) is 0 Å². The summed E-state index contributed by atoms with van der Waals surface area (Å²) in [7, 11) is 0. The van der Waals surface area contributed by atoms with Crippen molar-refractivity contribution in [2.45, 2.75) is 19.4 Å². The molecule has 5 nitrogen and oxygen atoms in total. The van der Waals surface area contributed by atoms with Gasteiger partial charge in [0.2, 0.25) is 5.91 Å². The van der Waals surface area contributed by atoms with E-state index in [9.17, 15) is 9.59 Å². The van der Waals surface area contributed by atoms with E-state index in [0.717, 1.165) is 0 Å². The van der Waals surface area contributed by atoms with E-state index in [1.807, 2.05) is 12.2 Å². The molecule has 0 radical (unpaired) electrons. The summed E-state index contributed by atoms with van der Waals surface area (Å²) >= 11 is 0. The van der Waals surface area contributed by atoms with Gasteiger partial charge >= 0.3 is 6.03 Å². The van der Waals surface area contributed by atoms with Crippen LogP contribution in [0.3, 0.4) is 0 Å². The van der Waals surface area contributed by atoms with Gasteiger partial charge in [0, 0.05) is 0 Å². The summed E-state index contributed by atoms with van der Waals surface area (Å²) in [4.78, 5) is 21.4. The van der Waals surface area contributed by atoms with Gasteiger partial charge < -0.3 is 10.5 Å². The second-order valence-electron chi connectivity index (χ2n) is 2.93. The molecule has 1 rings (SSSR count). The lowest BCUT2D eigenvalue weighted by atomic mass is 10.1. The average Bonchev–Trinajstić information content (AvgIpc) is 2.34. The molecule has 0 spiro atoms. The van der Waals surface area contributed by atoms with E-state index in [1.165, 1.54) is 0 Å². The number of rotatable bonds is 1. The summed E-state index contributed by atoms with van der Waals surface area (Å²) in [6, 6.07) is -0.806. The Balaban J connectivity index is 2.38. The highest BCUT2D eigenvalue weighted by Crippen LogP contribution is 2.18. The van der Waals surface area contributed by atoms with Crippen LogP contribution >= 0.6 is 0 Å². The lowest BCUT2D eigenvalue weighted by molar-refractivity contribution is -0.123. The first kappa shape index (κ1) is 8.99. The molecule has 0 aromatic carbocycles. The Labute approximate surface area is 70.2 Å². The first-order valence-corrected chi connectivity index (χ1v) is 3.81. The number of hydrogen-bond donors (Lipinski definition) is 2. The minimum absolute atomic E-state index is 0.0913. The van der Waals surface area contributed by atoms with Crippen LogP contribution < -0.4 is 11.1 Å². The van der Waals surface area contributed by atoms with Crippen molar-refractivity contribution >= 4 is 11.9 Å². The number of nitrogens with one attached hydrogen (secondary N) is 1. The normalized spacial score (nSPS) is 28.4. The van der Waals surface area contributed by atoms with Crippen LogP contribution in [-0.2, 0) is 9.53 Å². The summed E-state index contributed by atoms with van der Waals surface area (Å²) in [5, 5.41) is 2.03. The van der Waals surface area contributed by atoms with E-state index in [4.69, 9.17) is 10.5 Å². The molecule has 0 aromatic rings. The highest BCUT2D eigenvalue weighted by atomic mass is 16.5. The minimum Gasteiger partial charge on any atom is -0.378 e. The number of primary amides is 1. The van der Waals surface area contributed by atoms with E-state index in [2.05, 4.69) is 0 Å². The van der Waals surface area contributed by atoms with E-state index in [-0.39, 0.29) is 17.9 Å². The first-order chi connectivity index (χ1) is 5.59. The number of imide groups is 1. The lowest BCUT2D eigenvalue weighted by Gasteiger charge is -2.04. The molecule has 2 unspecified atom stereocenters. The van der Waals surface area contributed by atoms with Crippen molar-refractivity contribution < 1.29 is 14.3 Å². The van der Waals surface area contributed by atoms with Crippen LogP contribution in [0, 0.1) is 5.92 Å². The predicted molar refractivity (Wildman–Crippen MR) is 41.2 cm³/mol. The van der Waals surface area contributed by atoms with Crippen molar-refractivity contribution in [1.82, 2.24) is 5.32 Å². The zero-order valence-electron chi connectivity index (χ0n) is 6.87. The van der Waals surface area contributed by atoms with Gasteiger partial charge in [-0.15, -0.1) is 0 Å². The Hall–Kier alpha value is -1.10. The van der Waals surface area contributed by atoms with Gasteiger partial charge in [0.15, 0.2) is 0 Å². The fraction of sp³-hybridized carbons (Fsp3) is 0.714. The molecule has 3 amide bonds. The number of carbonyl (C=O) groups is 2. The Bertz CT molecular complexity index is 205. The zero-order valence-corrected chi connectivity index (χ0v) is 6.87. The molecule has 0 bridgehead atoms. The zero-order chi connectivity index (χ0) is 9.14. The molecular formula is C7H12N2O3. The molecule has 2 atom stereocenters. The highest BCUT2D eigenvalue weighted by molar-refractivity contribution is 5.94. The van der Waals surface area contributed by atoms with Gasteiger partial charge in [-0.25, -0.2) is 4.79 Å². The topological polar surface area (TPSA) is 81.4 Å². The van der Waals surface area contributed by atoms with Gasteiger partial charge in [-0.05, 0) is 13.3 Å². The second-order valence-corrected chi connectivity index (χ2v) is 2.93. The molecule has 5 heteroatoms. The maximum Gasteiger partial charge on any atom is 0.318 e. The number of amides is 3.